The number of ether oxygens (including phenoxy) is 4. The SMILES string of the molecule is COc1cc(C=O)ccc1OP(Oc1ccc(C=O)cc1OC)Oc1ccccc1C(=O)c1ccccc1OP(Oc1ccc(C=O)cc1OC)Oc1ccc(C=O)cc1OC. The van der Waals surface area contributed by atoms with Crippen molar-refractivity contribution in [3.63, 3.8) is 0 Å². The average molecular weight is 879 g/mol. The molecule has 0 heterocycles. The summed E-state index contributed by atoms with van der Waals surface area (Å²) in [6.07, 6.45) is 2.61. The number of ketones is 1. The van der Waals surface area contributed by atoms with Crippen molar-refractivity contribution in [2.24, 2.45) is 0 Å². The standard InChI is InChI=1S/C45H36O15P2/c1-51-41-21-29(25-46)13-17-37(41)57-61(58-38-18-14-30(26-47)22-42(38)52-2)55-35-11-7-5-9-33(35)45(50)34-10-6-8-12-36(34)56-62(59-39-19-15-31(27-48)23-43(39)53-3)60-40-20-16-32(28-49)24-44(40)54-4/h5-28H,1-4H3. The van der Waals surface area contributed by atoms with E-state index in [1.54, 1.807) is 36.4 Å². The fourth-order valence-electron chi connectivity index (χ4n) is 5.54. The van der Waals surface area contributed by atoms with Crippen LogP contribution < -0.4 is 46.1 Å². The van der Waals surface area contributed by atoms with Crippen LogP contribution in [0.3, 0.4) is 0 Å². The molecule has 15 nitrogen and oxygen atoms in total. The van der Waals surface area contributed by atoms with Gasteiger partial charge in [-0.1, -0.05) is 24.3 Å². The molecular formula is C45H36O15P2. The van der Waals surface area contributed by atoms with Crippen LogP contribution in [0.5, 0.6) is 57.5 Å². The van der Waals surface area contributed by atoms with E-state index in [9.17, 15) is 24.0 Å². The largest absolute Gasteiger partial charge is 0.530 e. The number of carbonyl (C=O) groups excluding carboxylic acids is 5. The smallest absolute Gasteiger partial charge is 0.493 e. The van der Waals surface area contributed by atoms with E-state index in [1.165, 1.54) is 113 Å². The van der Waals surface area contributed by atoms with E-state index >= 15 is 0 Å². The first kappa shape index (κ1) is 44.1. The molecular weight excluding hydrogens is 842 g/mol. The molecule has 0 aliphatic heterocycles. The first-order valence-corrected chi connectivity index (χ1v) is 20.4. The van der Waals surface area contributed by atoms with Crippen LogP contribution in [0, 0.1) is 0 Å². The van der Waals surface area contributed by atoms with Crippen LogP contribution in [0.1, 0.15) is 57.4 Å². The van der Waals surface area contributed by atoms with E-state index in [0.717, 1.165) is 0 Å². The van der Waals surface area contributed by atoms with Crippen molar-refractivity contribution < 1.29 is 70.1 Å². The highest BCUT2D eigenvalue weighted by Crippen LogP contribution is 2.50. The molecule has 0 radical (unpaired) electrons. The minimum Gasteiger partial charge on any atom is -0.493 e. The summed E-state index contributed by atoms with van der Waals surface area (Å²) in [4.78, 5) is 60.7. The first-order valence-electron chi connectivity index (χ1n) is 18.2. The quantitative estimate of drug-likeness (QED) is 0.0357. The Labute approximate surface area is 357 Å². The molecule has 0 aromatic heterocycles. The maximum atomic E-state index is 14.6. The summed E-state index contributed by atoms with van der Waals surface area (Å²) in [6.45, 7) is 0. The summed E-state index contributed by atoms with van der Waals surface area (Å²) in [7, 11) is 0.617. The molecule has 0 amide bonds. The number of para-hydroxylation sites is 2. The Morgan fingerprint density at radius 1 is 0.355 bits per heavy atom. The molecule has 0 aliphatic carbocycles. The van der Waals surface area contributed by atoms with E-state index in [4.69, 9.17) is 46.1 Å². The van der Waals surface area contributed by atoms with E-state index < -0.39 is 23.0 Å². The van der Waals surface area contributed by atoms with Crippen LogP contribution >= 0.6 is 17.2 Å². The van der Waals surface area contributed by atoms with Crippen molar-refractivity contribution in [1.29, 1.82) is 0 Å². The van der Waals surface area contributed by atoms with Crippen LogP contribution in [0.2, 0.25) is 0 Å². The number of aldehydes is 4. The van der Waals surface area contributed by atoms with Crippen LogP contribution in [0.4, 0.5) is 0 Å². The number of rotatable bonds is 22. The van der Waals surface area contributed by atoms with Gasteiger partial charge in [-0.25, -0.2) is 0 Å². The molecule has 0 saturated carbocycles. The van der Waals surface area contributed by atoms with Gasteiger partial charge in [-0.2, -0.15) is 0 Å². The average Bonchev–Trinajstić information content (AvgIpc) is 3.32. The third-order valence-corrected chi connectivity index (χ3v) is 10.7. The zero-order chi connectivity index (χ0) is 44.0. The number of benzene rings is 6. The van der Waals surface area contributed by atoms with E-state index in [-0.39, 0.29) is 68.6 Å². The molecule has 0 fully saturated rings. The van der Waals surface area contributed by atoms with Crippen molar-refractivity contribution in [1.82, 2.24) is 0 Å². The third-order valence-electron chi connectivity index (χ3n) is 8.60. The van der Waals surface area contributed by atoms with E-state index in [0.29, 0.717) is 47.4 Å². The van der Waals surface area contributed by atoms with Gasteiger partial charge in [0.05, 0.1) is 39.6 Å². The van der Waals surface area contributed by atoms with Gasteiger partial charge >= 0.3 is 17.2 Å². The second-order valence-corrected chi connectivity index (χ2v) is 14.4. The summed E-state index contributed by atoms with van der Waals surface area (Å²) >= 11 is 0. The van der Waals surface area contributed by atoms with Gasteiger partial charge in [0.15, 0.2) is 46.0 Å². The van der Waals surface area contributed by atoms with Crippen LogP contribution in [0.15, 0.2) is 121 Å². The van der Waals surface area contributed by atoms with Crippen molar-refractivity contribution in [2.45, 2.75) is 0 Å². The zero-order valence-electron chi connectivity index (χ0n) is 33.4. The molecule has 6 rings (SSSR count). The number of methoxy groups -OCH3 is 4. The summed E-state index contributed by atoms with van der Waals surface area (Å²) in [6, 6.07) is 30.7. The molecule has 0 atom stereocenters. The van der Waals surface area contributed by atoms with E-state index in [2.05, 4.69) is 0 Å². The first-order chi connectivity index (χ1) is 30.2. The Morgan fingerprint density at radius 3 is 0.871 bits per heavy atom. The van der Waals surface area contributed by atoms with Crippen molar-refractivity contribution in [3.8, 4) is 57.5 Å². The molecule has 0 aliphatic rings. The number of carbonyl (C=O) groups is 5. The van der Waals surface area contributed by atoms with Gasteiger partial charge < -0.3 is 46.1 Å². The summed E-state index contributed by atoms with van der Waals surface area (Å²) < 4.78 is 59.5. The maximum Gasteiger partial charge on any atom is 0.530 e. The normalized spacial score (nSPS) is 10.5. The molecule has 0 spiro atoms. The van der Waals surface area contributed by atoms with Crippen LogP contribution in [-0.2, 0) is 0 Å². The Kier molecular flexibility index (Phi) is 15.1. The summed E-state index contributed by atoms with van der Waals surface area (Å²) in [5.41, 5.74) is 1.44. The third kappa shape index (κ3) is 10.6. The lowest BCUT2D eigenvalue weighted by Crippen LogP contribution is -2.10. The molecule has 316 valence electrons. The lowest BCUT2D eigenvalue weighted by atomic mass is 10.0. The minimum absolute atomic E-state index is 0.0418. The Hall–Kier alpha value is -7.47. The predicted molar refractivity (Wildman–Crippen MR) is 227 cm³/mol. The molecule has 0 bridgehead atoms. The molecule has 0 saturated heterocycles. The Balaban J connectivity index is 1.36. The van der Waals surface area contributed by atoms with Gasteiger partial charge in [-0.15, -0.1) is 0 Å². The molecule has 0 N–H and O–H groups in total. The van der Waals surface area contributed by atoms with E-state index in [1.807, 2.05) is 0 Å². The fraction of sp³-hybridized carbons (Fsp3) is 0.0889. The van der Waals surface area contributed by atoms with Gasteiger partial charge in [0, 0.05) is 22.3 Å². The predicted octanol–water partition coefficient (Wildman–Crippen LogP) is 9.73. The Morgan fingerprint density at radius 2 is 0.613 bits per heavy atom. The summed E-state index contributed by atoms with van der Waals surface area (Å²) in [5, 5.41) is 0. The number of hydrogen-bond donors (Lipinski definition) is 0. The summed E-state index contributed by atoms with van der Waals surface area (Å²) in [5.74, 6) is 0.927. The molecule has 0 unspecified atom stereocenters. The maximum absolute atomic E-state index is 14.6. The Bertz CT molecular complexity index is 2280. The van der Waals surface area contributed by atoms with Gasteiger partial charge in [-0.3, -0.25) is 24.0 Å². The van der Waals surface area contributed by atoms with Crippen molar-refractivity contribution in [3.05, 3.63) is 155 Å². The fourth-order valence-corrected chi connectivity index (χ4v) is 7.65. The molecule has 17 heteroatoms. The molecule has 62 heavy (non-hydrogen) atoms. The second kappa shape index (κ2) is 21.2. The molecule has 6 aromatic rings. The van der Waals surface area contributed by atoms with Crippen LogP contribution in [0.25, 0.3) is 0 Å². The van der Waals surface area contributed by atoms with Gasteiger partial charge in [0.2, 0.25) is 5.78 Å². The highest BCUT2D eigenvalue weighted by molar-refractivity contribution is 7.43. The second-order valence-electron chi connectivity index (χ2n) is 12.4. The highest BCUT2D eigenvalue weighted by Gasteiger charge is 2.30. The minimum atomic E-state index is -2.49. The topological polar surface area (TPSA) is 178 Å². The monoisotopic (exact) mass is 878 g/mol. The zero-order valence-corrected chi connectivity index (χ0v) is 35.2. The van der Waals surface area contributed by atoms with Crippen LogP contribution in [-0.4, -0.2) is 59.4 Å². The van der Waals surface area contributed by atoms with Crippen molar-refractivity contribution in [2.75, 3.05) is 28.4 Å². The lowest BCUT2D eigenvalue weighted by molar-refractivity contribution is 0.103. The number of hydrogen-bond acceptors (Lipinski definition) is 15. The van der Waals surface area contributed by atoms with Crippen molar-refractivity contribution >= 4 is 48.1 Å². The lowest BCUT2D eigenvalue weighted by Gasteiger charge is -2.22. The van der Waals surface area contributed by atoms with Gasteiger partial charge in [0.1, 0.15) is 36.6 Å². The van der Waals surface area contributed by atoms with Gasteiger partial charge in [0.25, 0.3) is 0 Å². The highest BCUT2D eigenvalue weighted by atomic mass is 31.2. The molecule has 6 aromatic carbocycles. The van der Waals surface area contributed by atoms with Gasteiger partial charge in [-0.05, 0) is 97.1 Å².